The first-order chi connectivity index (χ1) is 16.1. The third-order valence-electron chi connectivity index (χ3n) is 6.23. The monoisotopic (exact) mass is 459 g/mol. The fourth-order valence-electron chi connectivity index (χ4n) is 4.47. The average molecular weight is 460 g/mol. The molecule has 0 saturated carbocycles. The van der Waals surface area contributed by atoms with E-state index in [0.29, 0.717) is 31.1 Å². The largest absolute Gasteiger partial charge is 0.492 e. The predicted octanol–water partition coefficient (Wildman–Crippen LogP) is 5.85. The van der Waals surface area contributed by atoms with Crippen molar-refractivity contribution in [2.24, 2.45) is 0 Å². The van der Waals surface area contributed by atoms with Crippen LogP contribution in [0.25, 0.3) is 11.0 Å². The Kier molecular flexibility index (Phi) is 6.05. The van der Waals surface area contributed by atoms with E-state index in [4.69, 9.17) is 21.3 Å². The molecule has 1 fully saturated rings. The molecular weight excluding hydrogens is 434 g/mol. The van der Waals surface area contributed by atoms with Gasteiger partial charge in [-0.15, -0.1) is 0 Å². The molecule has 5 nitrogen and oxygen atoms in total. The van der Waals surface area contributed by atoms with E-state index in [2.05, 4.69) is 29.7 Å². The number of halogens is 1. The molecule has 2 heterocycles. The molecule has 33 heavy (non-hydrogen) atoms. The number of hydrogen-bond acceptors (Lipinski definition) is 3. The number of hydrogen-bond donors (Lipinski definition) is 0. The lowest BCUT2D eigenvalue weighted by atomic mass is 10.1. The first kappa shape index (κ1) is 21.5. The SMILES string of the molecule is CCc1ccc(OCCn2c([C@@H]3CC(=O)N(c4ccc(Cl)cc4)C3)nc3ccccc32)cc1. The van der Waals surface area contributed by atoms with Gasteiger partial charge in [0.1, 0.15) is 18.2 Å². The minimum atomic E-state index is 0.0180. The van der Waals surface area contributed by atoms with Crippen LogP contribution in [0.2, 0.25) is 5.02 Å². The molecule has 0 spiro atoms. The van der Waals surface area contributed by atoms with Gasteiger partial charge in [-0.3, -0.25) is 4.79 Å². The van der Waals surface area contributed by atoms with Crippen LogP contribution in [0.4, 0.5) is 5.69 Å². The second kappa shape index (κ2) is 9.28. The summed E-state index contributed by atoms with van der Waals surface area (Å²) in [5.74, 6) is 1.92. The van der Waals surface area contributed by atoms with E-state index in [1.54, 1.807) is 0 Å². The summed E-state index contributed by atoms with van der Waals surface area (Å²) < 4.78 is 8.24. The fourth-order valence-corrected chi connectivity index (χ4v) is 4.59. The van der Waals surface area contributed by atoms with Gasteiger partial charge in [-0.05, 0) is 60.5 Å². The molecule has 1 amide bonds. The Bertz CT molecular complexity index is 1270. The van der Waals surface area contributed by atoms with Gasteiger partial charge in [-0.1, -0.05) is 42.8 Å². The number of aryl methyl sites for hydroxylation is 1. The summed E-state index contributed by atoms with van der Waals surface area (Å²) in [4.78, 5) is 19.6. The van der Waals surface area contributed by atoms with Crippen LogP contribution < -0.4 is 9.64 Å². The van der Waals surface area contributed by atoms with Crippen molar-refractivity contribution < 1.29 is 9.53 Å². The molecule has 1 aliphatic rings. The first-order valence-electron chi connectivity index (χ1n) is 11.3. The van der Waals surface area contributed by atoms with Crippen molar-refractivity contribution >= 4 is 34.2 Å². The summed E-state index contributed by atoms with van der Waals surface area (Å²) in [5.41, 5.74) is 4.17. The molecule has 0 radical (unpaired) electrons. The average Bonchev–Trinajstić information content (AvgIpc) is 3.41. The van der Waals surface area contributed by atoms with Crippen LogP contribution in [-0.4, -0.2) is 28.6 Å². The quantitative estimate of drug-likeness (QED) is 0.348. The van der Waals surface area contributed by atoms with Gasteiger partial charge in [0.25, 0.3) is 0 Å². The lowest BCUT2D eigenvalue weighted by Crippen LogP contribution is -2.24. The van der Waals surface area contributed by atoms with Crippen molar-refractivity contribution in [2.45, 2.75) is 32.2 Å². The number of carbonyl (C=O) groups excluding carboxylic acids is 1. The maximum atomic E-state index is 12.9. The Morgan fingerprint density at radius 2 is 1.79 bits per heavy atom. The van der Waals surface area contributed by atoms with Crippen LogP contribution in [0.5, 0.6) is 5.75 Å². The molecule has 1 aromatic heterocycles. The van der Waals surface area contributed by atoms with Crippen molar-refractivity contribution in [1.82, 2.24) is 9.55 Å². The number of aromatic nitrogens is 2. The van der Waals surface area contributed by atoms with Crippen molar-refractivity contribution in [3.05, 3.63) is 89.2 Å². The standard InChI is InChI=1S/C27H26ClN3O2/c1-2-19-7-13-23(14-8-19)33-16-15-30-25-6-4-3-5-24(25)29-27(30)20-17-26(32)31(18-20)22-11-9-21(28)10-12-22/h3-14,20H,2,15-18H2,1H3/t20-/m1/s1. The minimum Gasteiger partial charge on any atom is -0.492 e. The van der Waals surface area contributed by atoms with Crippen LogP contribution in [0.3, 0.4) is 0 Å². The molecule has 0 unspecified atom stereocenters. The molecular formula is C27H26ClN3O2. The van der Waals surface area contributed by atoms with Gasteiger partial charge in [-0.2, -0.15) is 0 Å². The first-order valence-corrected chi connectivity index (χ1v) is 11.7. The Labute approximate surface area is 198 Å². The number of ether oxygens (including phenoxy) is 1. The van der Waals surface area contributed by atoms with Crippen molar-refractivity contribution in [1.29, 1.82) is 0 Å². The van der Waals surface area contributed by atoms with Gasteiger partial charge in [0, 0.05) is 29.6 Å². The number of para-hydroxylation sites is 2. The zero-order valence-electron chi connectivity index (χ0n) is 18.6. The van der Waals surface area contributed by atoms with E-state index in [-0.39, 0.29) is 11.8 Å². The number of fused-ring (bicyclic) bond motifs is 1. The second-order valence-electron chi connectivity index (χ2n) is 8.34. The number of imidazole rings is 1. The number of benzene rings is 3. The molecule has 4 aromatic rings. The number of nitrogens with zero attached hydrogens (tertiary/aromatic N) is 3. The van der Waals surface area contributed by atoms with E-state index < -0.39 is 0 Å². The molecule has 0 aliphatic carbocycles. The van der Waals surface area contributed by atoms with E-state index >= 15 is 0 Å². The summed E-state index contributed by atoms with van der Waals surface area (Å²) in [6.45, 7) is 3.93. The molecule has 1 aliphatic heterocycles. The number of rotatable bonds is 7. The smallest absolute Gasteiger partial charge is 0.227 e. The van der Waals surface area contributed by atoms with Gasteiger partial charge in [-0.25, -0.2) is 4.98 Å². The molecule has 168 valence electrons. The predicted molar refractivity (Wildman–Crippen MR) is 132 cm³/mol. The highest BCUT2D eigenvalue weighted by atomic mass is 35.5. The van der Waals surface area contributed by atoms with E-state index in [1.807, 2.05) is 59.5 Å². The lowest BCUT2D eigenvalue weighted by Gasteiger charge is -2.17. The number of carbonyl (C=O) groups is 1. The highest BCUT2D eigenvalue weighted by Crippen LogP contribution is 2.33. The maximum Gasteiger partial charge on any atom is 0.227 e. The molecule has 6 heteroatoms. The minimum absolute atomic E-state index is 0.0180. The molecule has 0 bridgehead atoms. The summed E-state index contributed by atoms with van der Waals surface area (Å²) in [6.07, 6.45) is 1.45. The zero-order chi connectivity index (χ0) is 22.8. The number of amides is 1. The lowest BCUT2D eigenvalue weighted by molar-refractivity contribution is -0.117. The van der Waals surface area contributed by atoms with Crippen LogP contribution >= 0.6 is 11.6 Å². The van der Waals surface area contributed by atoms with Crippen LogP contribution in [0, 0.1) is 0 Å². The molecule has 0 N–H and O–H groups in total. The van der Waals surface area contributed by atoms with Gasteiger partial charge in [0.15, 0.2) is 0 Å². The summed E-state index contributed by atoms with van der Waals surface area (Å²) in [6, 6.07) is 23.8. The maximum absolute atomic E-state index is 12.9. The third kappa shape index (κ3) is 4.46. The summed E-state index contributed by atoms with van der Waals surface area (Å²) in [7, 11) is 0. The second-order valence-corrected chi connectivity index (χ2v) is 8.77. The van der Waals surface area contributed by atoms with Gasteiger partial charge in [0.2, 0.25) is 5.91 Å². The summed E-state index contributed by atoms with van der Waals surface area (Å²) in [5, 5.41) is 0.660. The molecule has 1 atom stereocenters. The van der Waals surface area contributed by atoms with Crippen LogP contribution in [0.1, 0.15) is 30.7 Å². The zero-order valence-corrected chi connectivity index (χ0v) is 19.3. The van der Waals surface area contributed by atoms with Crippen molar-refractivity contribution in [3.8, 4) is 5.75 Å². The van der Waals surface area contributed by atoms with Crippen molar-refractivity contribution in [2.75, 3.05) is 18.1 Å². The Hall–Kier alpha value is -3.31. The van der Waals surface area contributed by atoms with Gasteiger partial charge < -0.3 is 14.2 Å². The van der Waals surface area contributed by atoms with Gasteiger partial charge in [0.05, 0.1) is 17.6 Å². The topological polar surface area (TPSA) is 47.4 Å². The number of anilines is 1. The van der Waals surface area contributed by atoms with Crippen molar-refractivity contribution in [3.63, 3.8) is 0 Å². The van der Waals surface area contributed by atoms with Crippen LogP contribution in [0.15, 0.2) is 72.8 Å². The third-order valence-corrected chi connectivity index (χ3v) is 6.48. The molecule has 3 aromatic carbocycles. The Balaban J connectivity index is 1.37. The van der Waals surface area contributed by atoms with E-state index in [1.165, 1.54) is 5.56 Å². The van der Waals surface area contributed by atoms with E-state index in [0.717, 1.165) is 34.7 Å². The fraction of sp³-hybridized carbons (Fsp3) is 0.259. The summed E-state index contributed by atoms with van der Waals surface area (Å²) >= 11 is 6.02. The van der Waals surface area contributed by atoms with Gasteiger partial charge >= 0.3 is 0 Å². The highest BCUT2D eigenvalue weighted by molar-refractivity contribution is 6.30. The normalized spacial score (nSPS) is 16.0. The Morgan fingerprint density at radius 3 is 2.55 bits per heavy atom. The highest BCUT2D eigenvalue weighted by Gasteiger charge is 2.34. The Morgan fingerprint density at radius 1 is 1.03 bits per heavy atom. The van der Waals surface area contributed by atoms with E-state index in [9.17, 15) is 4.79 Å². The van der Waals surface area contributed by atoms with Crippen LogP contribution in [-0.2, 0) is 17.8 Å². The molecule has 5 rings (SSSR count). The molecule has 1 saturated heterocycles.